The summed E-state index contributed by atoms with van der Waals surface area (Å²) in [6, 6.07) is 0. The van der Waals surface area contributed by atoms with Crippen molar-refractivity contribution in [2.24, 2.45) is 0 Å². The molecular formula is C13H24O5. The van der Waals surface area contributed by atoms with Crippen LogP contribution in [0.25, 0.3) is 0 Å². The van der Waals surface area contributed by atoms with Crippen LogP contribution in [0.5, 0.6) is 0 Å². The lowest BCUT2D eigenvalue weighted by molar-refractivity contribution is -0.150. The van der Waals surface area contributed by atoms with Gasteiger partial charge in [0.15, 0.2) is 0 Å². The van der Waals surface area contributed by atoms with Gasteiger partial charge in [0.1, 0.15) is 12.7 Å². The van der Waals surface area contributed by atoms with Crippen molar-refractivity contribution in [2.75, 3.05) is 13.2 Å². The van der Waals surface area contributed by atoms with Crippen molar-refractivity contribution in [1.82, 2.24) is 0 Å². The summed E-state index contributed by atoms with van der Waals surface area (Å²) in [4.78, 5) is 22.3. The van der Waals surface area contributed by atoms with Crippen molar-refractivity contribution < 1.29 is 23.8 Å². The molecule has 0 aliphatic carbocycles. The monoisotopic (exact) mass is 260 g/mol. The number of rotatable bonds is 9. The van der Waals surface area contributed by atoms with Gasteiger partial charge in [-0.1, -0.05) is 26.2 Å². The average molecular weight is 260 g/mol. The van der Waals surface area contributed by atoms with Crippen LogP contribution in [-0.2, 0) is 19.0 Å². The molecule has 0 saturated carbocycles. The maximum Gasteiger partial charge on any atom is 0.508 e. The first-order valence-electron chi connectivity index (χ1n) is 6.59. The van der Waals surface area contributed by atoms with Crippen LogP contribution in [-0.4, -0.2) is 31.4 Å². The fourth-order valence-corrected chi connectivity index (χ4v) is 1.36. The molecule has 0 spiro atoms. The van der Waals surface area contributed by atoms with Crippen LogP contribution in [0.1, 0.15) is 52.9 Å². The quantitative estimate of drug-likeness (QED) is 0.471. The number of hydrogen-bond acceptors (Lipinski definition) is 5. The lowest BCUT2D eigenvalue weighted by Gasteiger charge is -2.13. The van der Waals surface area contributed by atoms with Crippen molar-refractivity contribution >= 4 is 12.1 Å². The maximum absolute atomic E-state index is 11.4. The highest BCUT2D eigenvalue weighted by Gasteiger charge is 2.12. The third kappa shape index (κ3) is 9.93. The first kappa shape index (κ1) is 16.7. The van der Waals surface area contributed by atoms with Gasteiger partial charge in [0, 0.05) is 6.42 Å². The fraction of sp³-hybridized carbons (Fsp3) is 0.846. The predicted octanol–water partition coefficient (Wildman–Crippen LogP) is 3.06. The molecular weight excluding hydrogens is 236 g/mol. The predicted molar refractivity (Wildman–Crippen MR) is 67.3 cm³/mol. The minimum absolute atomic E-state index is 0.0273. The van der Waals surface area contributed by atoms with Crippen LogP contribution in [0, 0.1) is 0 Å². The molecule has 1 atom stereocenters. The summed E-state index contributed by atoms with van der Waals surface area (Å²) in [7, 11) is 0. The molecule has 0 aromatic heterocycles. The standard InChI is InChI=1S/C13H24O5/c1-4-6-7-8-9-12(14)18-11(3)10-17-13(15)16-5-2/h11H,4-10H2,1-3H3. The van der Waals surface area contributed by atoms with E-state index in [-0.39, 0.29) is 19.2 Å². The second kappa shape index (κ2) is 10.9. The fourth-order valence-electron chi connectivity index (χ4n) is 1.36. The summed E-state index contributed by atoms with van der Waals surface area (Å²) in [5.74, 6) is -0.244. The second-order valence-corrected chi connectivity index (χ2v) is 4.11. The summed E-state index contributed by atoms with van der Waals surface area (Å²) >= 11 is 0. The van der Waals surface area contributed by atoms with E-state index in [1.165, 1.54) is 0 Å². The van der Waals surface area contributed by atoms with Gasteiger partial charge in [-0.25, -0.2) is 4.79 Å². The summed E-state index contributed by atoms with van der Waals surface area (Å²) in [5, 5.41) is 0. The summed E-state index contributed by atoms with van der Waals surface area (Å²) in [6.45, 7) is 5.79. The topological polar surface area (TPSA) is 61.8 Å². The summed E-state index contributed by atoms with van der Waals surface area (Å²) in [5.41, 5.74) is 0. The van der Waals surface area contributed by atoms with Crippen LogP contribution < -0.4 is 0 Å². The van der Waals surface area contributed by atoms with Crippen LogP contribution in [0.3, 0.4) is 0 Å². The molecule has 0 fully saturated rings. The Morgan fingerprint density at radius 1 is 1.06 bits per heavy atom. The SMILES string of the molecule is CCCCCCC(=O)OC(C)COC(=O)OCC. The molecule has 0 aromatic carbocycles. The van der Waals surface area contributed by atoms with Gasteiger partial charge in [-0.05, 0) is 20.3 Å². The molecule has 106 valence electrons. The molecule has 0 aliphatic heterocycles. The highest BCUT2D eigenvalue weighted by atomic mass is 16.7. The van der Waals surface area contributed by atoms with Crippen molar-refractivity contribution in [3.8, 4) is 0 Å². The molecule has 5 heteroatoms. The maximum atomic E-state index is 11.4. The normalized spacial score (nSPS) is 11.7. The largest absolute Gasteiger partial charge is 0.508 e. The number of carbonyl (C=O) groups is 2. The highest BCUT2D eigenvalue weighted by Crippen LogP contribution is 2.05. The molecule has 5 nitrogen and oxygen atoms in total. The van der Waals surface area contributed by atoms with Crippen molar-refractivity contribution in [2.45, 2.75) is 59.0 Å². The van der Waals surface area contributed by atoms with Crippen LogP contribution in [0.4, 0.5) is 4.79 Å². The van der Waals surface area contributed by atoms with Crippen LogP contribution in [0.2, 0.25) is 0 Å². The Labute approximate surface area is 109 Å². The first-order valence-corrected chi connectivity index (χ1v) is 6.59. The summed E-state index contributed by atoms with van der Waals surface area (Å²) in [6.07, 6.45) is 3.41. The number of ether oxygens (including phenoxy) is 3. The lowest BCUT2D eigenvalue weighted by Crippen LogP contribution is -2.22. The Morgan fingerprint density at radius 2 is 1.78 bits per heavy atom. The van der Waals surface area contributed by atoms with E-state index in [2.05, 4.69) is 11.7 Å². The Morgan fingerprint density at radius 3 is 2.39 bits per heavy atom. The third-order valence-electron chi connectivity index (χ3n) is 2.27. The Hall–Kier alpha value is -1.26. The van der Waals surface area contributed by atoms with E-state index in [9.17, 15) is 9.59 Å². The average Bonchev–Trinajstić information content (AvgIpc) is 2.32. The Kier molecular flexibility index (Phi) is 10.1. The van der Waals surface area contributed by atoms with Gasteiger partial charge < -0.3 is 14.2 Å². The van der Waals surface area contributed by atoms with Gasteiger partial charge in [-0.3, -0.25) is 4.79 Å². The smallest absolute Gasteiger partial charge is 0.459 e. The zero-order chi connectivity index (χ0) is 13.8. The number of hydrogen-bond donors (Lipinski definition) is 0. The molecule has 0 bridgehead atoms. The first-order chi connectivity index (χ1) is 8.60. The molecule has 0 heterocycles. The number of carbonyl (C=O) groups excluding carboxylic acids is 2. The van der Waals surface area contributed by atoms with Crippen molar-refractivity contribution in [3.63, 3.8) is 0 Å². The molecule has 0 rings (SSSR count). The van der Waals surface area contributed by atoms with E-state index in [0.29, 0.717) is 6.42 Å². The van der Waals surface area contributed by atoms with E-state index in [4.69, 9.17) is 9.47 Å². The third-order valence-corrected chi connectivity index (χ3v) is 2.27. The van der Waals surface area contributed by atoms with Crippen molar-refractivity contribution in [3.05, 3.63) is 0 Å². The van der Waals surface area contributed by atoms with Crippen molar-refractivity contribution in [1.29, 1.82) is 0 Å². The van der Waals surface area contributed by atoms with Gasteiger partial charge in [0.2, 0.25) is 0 Å². The van der Waals surface area contributed by atoms with Gasteiger partial charge in [0.25, 0.3) is 0 Å². The zero-order valence-corrected chi connectivity index (χ0v) is 11.6. The molecule has 0 saturated heterocycles. The molecule has 0 aliphatic rings. The summed E-state index contributed by atoms with van der Waals surface area (Å²) < 4.78 is 14.4. The van der Waals surface area contributed by atoms with Gasteiger partial charge in [0.05, 0.1) is 6.61 Å². The molecule has 0 N–H and O–H groups in total. The Balaban J connectivity index is 3.57. The molecule has 1 unspecified atom stereocenters. The molecule has 0 aromatic rings. The van der Waals surface area contributed by atoms with E-state index < -0.39 is 12.3 Å². The Bertz CT molecular complexity index is 240. The van der Waals surface area contributed by atoms with Gasteiger partial charge in [-0.2, -0.15) is 0 Å². The minimum Gasteiger partial charge on any atom is -0.459 e. The lowest BCUT2D eigenvalue weighted by atomic mass is 10.1. The second-order valence-electron chi connectivity index (χ2n) is 4.11. The van der Waals surface area contributed by atoms with Crippen LogP contribution >= 0.6 is 0 Å². The van der Waals surface area contributed by atoms with E-state index in [1.807, 2.05) is 0 Å². The van der Waals surface area contributed by atoms with E-state index in [0.717, 1.165) is 25.7 Å². The number of unbranched alkanes of at least 4 members (excludes halogenated alkanes) is 3. The zero-order valence-electron chi connectivity index (χ0n) is 11.6. The van der Waals surface area contributed by atoms with E-state index in [1.54, 1.807) is 13.8 Å². The van der Waals surface area contributed by atoms with Gasteiger partial charge >= 0.3 is 12.1 Å². The molecule has 0 radical (unpaired) electrons. The highest BCUT2D eigenvalue weighted by molar-refractivity contribution is 5.69. The number of esters is 1. The van der Waals surface area contributed by atoms with Gasteiger partial charge in [-0.15, -0.1) is 0 Å². The van der Waals surface area contributed by atoms with E-state index >= 15 is 0 Å². The van der Waals surface area contributed by atoms with Crippen LogP contribution in [0.15, 0.2) is 0 Å². The minimum atomic E-state index is -0.733. The molecule has 0 amide bonds. The molecule has 18 heavy (non-hydrogen) atoms.